The molecular weight excluding hydrogens is 296 g/mol. The Hall–Kier alpha value is -2.18. The first-order valence-corrected chi connectivity index (χ1v) is 7.93. The van der Waals surface area contributed by atoms with Crippen LogP contribution < -0.4 is 4.90 Å². The minimum atomic E-state index is -0.417. The summed E-state index contributed by atoms with van der Waals surface area (Å²) in [4.78, 5) is 35.6. The highest BCUT2D eigenvalue weighted by molar-refractivity contribution is 5.89. The molecule has 0 aromatic carbocycles. The molecular formula is C16H22N4O3. The van der Waals surface area contributed by atoms with Gasteiger partial charge in [0.05, 0.1) is 23.6 Å². The lowest BCUT2D eigenvalue weighted by Crippen LogP contribution is -2.42. The molecule has 0 atom stereocenters. The third-order valence-electron chi connectivity index (χ3n) is 4.58. The number of carbonyl (C=O) groups excluding carboxylic acids is 2. The maximum Gasteiger partial charge on any atom is 0.416 e. The van der Waals surface area contributed by atoms with E-state index in [0.29, 0.717) is 18.3 Å². The number of likely N-dealkylation sites (tertiary alicyclic amines) is 1. The van der Waals surface area contributed by atoms with Crippen LogP contribution in [0.2, 0.25) is 0 Å². The van der Waals surface area contributed by atoms with Crippen molar-refractivity contribution in [2.75, 3.05) is 24.6 Å². The van der Waals surface area contributed by atoms with E-state index in [4.69, 9.17) is 4.74 Å². The molecule has 0 saturated carbocycles. The lowest BCUT2D eigenvalue weighted by molar-refractivity contribution is -0.129. The third-order valence-corrected chi connectivity index (χ3v) is 4.58. The highest BCUT2D eigenvalue weighted by Gasteiger charge is 2.42. The number of amides is 2. The van der Waals surface area contributed by atoms with Crippen molar-refractivity contribution in [2.45, 2.75) is 45.1 Å². The molecule has 1 aromatic heterocycles. The predicted molar refractivity (Wildman–Crippen MR) is 84.2 cm³/mol. The van der Waals surface area contributed by atoms with Crippen LogP contribution in [0.3, 0.4) is 0 Å². The van der Waals surface area contributed by atoms with Crippen LogP contribution in [0, 0.1) is 0 Å². The molecule has 3 heterocycles. The summed E-state index contributed by atoms with van der Waals surface area (Å²) in [5.74, 6) is 0.952. The quantitative estimate of drug-likeness (QED) is 0.833. The van der Waals surface area contributed by atoms with Gasteiger partial charge < -0.3 is 9.64 Å². The minimum Gasteiger partial charge on any atom is -0.447 e. The molecule has 1 aromatic rings. The van der Waals surface area contributed by atoms with Crippen molar-refractivity contribution in [1.82, 2.24) is 14.9 Å². The lowest BCUT2D eigenvalue weighted by atomic mass is 9.94. The fraction of sp³-hybridized carbons (Fsp3) is 0.625. The number of rotatable bonds is 2. The Morgan fingerprint density at radius 2 is 1.96 bits per heavy atom. The Bertz CT molecular complexity index is 606. The molecule has 0 bridgehead atoms. The van der Waals surface area contributed by atoms with Gasteiger partial charge in [-0.05, 0) is 26.7 Å². The minimum absolute atomic E-state index is 0.125. The average Bonchev–Trinajstić information content (AvgIpc) is 2.81. The van der Waals surface area contributed by atoms with Crippen LogP contribution in [-0.2, 0) is 9.53 Å². The van der Waals surface area contributed by atoms with E-state index < -0.39 is 5.54 Å². The van der Waals surface area contributed by atoms with E-state index in [0.717, 1.165) is 31.6 Å². The number of anilines is 1. The van der Waals surface area contributed by atoms with E-state index in [1.54, 1.807) is 24.2 Å². The van der Waals surface area contributed by atoms with E-state index in [1.165, 1.54) is 0 Å². The molecule has 7 heteroatoms. The summed E-state index contributed by atoms with van der Waals surface area (Å²) >= 11 is 0. The van der Waals surface area contributed by atoms with Gasteiger partial charge in [0.2, 0.25) is 5.91 Å². The van der Waals surface area contributed by atoms with Crippen LogP contribution >= 0.6 is 0 Å². The first kappa shape index (κ1) is 15.7. The van der Waals surface area contributed by atoms with Gasteiger partial charge in [-0.3, -0.25) is 14.7 Å². The van der Waals surface area contributed by atoms with Gasteiger partial charge in [-0.15, -0.1) is 0 Å². The standard InChI is InChI=1S/C16H22N4O3/c1-11(21)19-6-4-12(5-7-19)13-8-18-14(9-17-13)20-15(22)23-10-16(20,2)3/h8-9,12H,4-7,10H2,1-3H3. The molecule has 0 N–H and O–H groups in total. The molecule has 0 unspecified atom stereocenters. The largest absolute Gasteiger partial charge is 0.447 e. The average molecular weight is 318 g/mol. The Labute approximate surface area is 135 Å². The monoisotopic (exact) mass is 318 g/mol. The molecule has 0 aliphatic carbocycles. The number of nitrogens with zero attached hydrogens (tertiary/aromatic N) is 4. The summed E-state index contributed by atoms with van der Waals surface area (Å²) in [6.45, 7) is 7.34. The number of ether oxygens (including phenoxy) is 1. The van der Waals surface area contributed by atoms with Crippen molar-refractivity contribution in [3.05, 3.63) is 18.1 Å². The van der Waals surface area contributed by atoms with Gasteiger partial charge >= 0.3 is 6.09 Å². The van der Waals surface area contributed by atoms with Crippen LogP contribution in [-0.4, -0.2) is 52.1 Å². The Kier molecular flexibility index (Phi) is 3.95. The number of piperidine rings is 1. The van der Waals surface area contributed by atoms with Crippen LogP contribution in [0.15, 0.2) is 12.4 Å². The first-order valence-electron chi connectivity index (χ1n) is 7.93. The molecule has 23 heavy (non-hydrogen) atoms. The molecule has 0 radical (unpaired) electrons. The molecule has 0 spiro atoms. The van der Waals surface area contributed by atoms with Crippen molar-refractivity contribution in [2.24, 2.45) is 0 Å². The third kappa shape index (κ3) is 3.00. The van der Waals surface area contributed by atoms with Gasteiger partial charge in [0.1, 0.15) is 6.61 Å². The molecule has 2 fully saturated rings. The molecule has 2 aliphatic rings. The molecule has 124 valence electrons. The van der Waals surface area contributed by atoms with Crippen LogP contribution in [0.5, 0.6) is 0 Å². The van der Waals surface area contributed by atoms with Crippen LogP contribution in [0.1, 0.15) is 45.2 Å². The number of aromatic nitrogens is 2. The fourth-order valence-electron chi connectivity index (χ4n) is 3.17. The summed E-state index contributed by atoms with van der Waals surface area (Å²) in [7, 11) is 0. The van der Waals surface area contributed by atoms with Gasteiger partial charge in [-0.1, -0.05) is 0 Å². The number of hydrogen-bond acceptors (Lipinski definition) is 5. The van der Waals surface area contributed by atoms with Gasteiger partial charge in [0.25, 0.3) is 0 Å². The smallest absolute Gasteiger partial charge is 0.416 e. The summed E-state index contributed by atoms with van der Waals surface area (Å²) < 4.78 is 5.10. The number of carbonyl (C=O) groups is 2. The van der Waals surface area contributed by atoms with E-state index in [2.05, 4.69) is 9.97 Å². The van der Waals surface area contributed by atoms with Gasteiger partial charge in [0, 0.05) is 25.9 Å². The van der Waals surface area contributed by atoms with E-state index in [1.807, 2.05) is 18.7 Å². The van der Waals surface area contributed by atoms with Crippen molar-refractivity contribution >= 4 is 17.8 Å². The molecule has 2 saturated heterocycles. The Balaban J connectivity index is 1.71. The van der Waals surface area contributed by atoms with E-state index in [9.17, 15) is 9.59 Å². The predicted octanol–water partition coefficient (Wildman–Crippen LogP) is 1.94. The zero-order valence-electron chi connectivity index (χ0n) is 13.8. The molecule has 2 amide bonds. The summed E-state index contributed by atoms with van der Waals surface area (Å²) in [5.41, 5.74) is 0.502. The second kappa shape index (κ2) is 5.79. The Morgan fingerprint density at radius 3 is 2.43 bits per heavy atom. The Morgan fingerprint density at radius 1 is 1.26 bits per heavy atom. The van der Waals surface area contributed by atoms with Gasteiger partial charge in [0.15, 0.2) is 5.82 Å². The summed E-state index contributed by atoms with van der Waals surface area (Å²) in [5, 5.41) is 0. The van der Waals surface area contributed by atoms with Crippen LogP contribution in [0.25, 0.3) is 0 Å². The fourth-order valence-corrected chi connectivity index (χ4v) is 3.17. The lowest BCUT2D eigenvalue weighted by Gasteiger charge is -2.31. The second-order valence-corrected chi connectivity index (χ2v) is 6.78. The summed E-state index contributed by atoms with van der Waals surface area (Å²) in [6, 6.07) is 0. The first-order chi connectivity index (χ1) is 10.9. The molecule has 2 aliphatic heterocycles. The maximum absolute atomic E-state index is 11.9. The van der Waals surface area contributed by atoms with Crippen molar-refractivity contribution in [3.63, 3.8) is 0 Å². The van der Waals surface area contributed by atoms with E-state index >= 15 is 0 Å². The maximum atomic E-state index is 11.9. The second-order valence-electron chi connectivity index (χ2n) is 6.78. The van der Waals surface area contributed by atoms with Gasteiger partial charge in [-0.2, -0.15) is 0 Å². The normalized spacial score (nSPS) is 21.4. The van der Waals surface area contributed by atoms with Crippen molar-refractivity contribution in [1.29, 1.82) is 0 Å². The topological polar surface area (TPSA) is 75.6 Å². The highest BCUT2D eigenvalue weighted by Crippen LogP contribution is 2.30. The van der Waals surface area contributed by atoms with Crippen LogP contribution in [0.4, 0.5) is 10.6 Å². The van der Waals surface area contributed by atoms with Crippen molar-refractivity contribution in [3.8, 4) is 0 Å². The number of cyclic esters (lactones) is 1. The van der Waals surface area contributed by atoms with Crippen molar-refractivity contribution < 1.29 is 14.3 Å². The number of hydrogen-bond donors (Lipinski definition) is 0. The summed E-state index contributed by atoms with van der Waals surface area (Å²) in [6.07, 6.45) is 4.79. The highest BCUT2D eigenvalue weighted by atomic mass is 16.6. The zero-order chi connectivity index (χ0) is 16.6. The zero-order valence-corrected chi connectivity index (χ0v) is 13.8. The van der Waals surface area contributed by atoms with E-state index in [-0.39, 0.29) is 12.0 Å². The van der Waals surface area contributed by atoms with Gasteiger partial charge in [-0.25, -0.2) is 9.78 Å². The molecule has 3 rings (SSSR count). The molecule has 7 nitrogen and oxygen atoms in total. The SMILES string of the molecule is CC(=O)N1CCC(c2cnc(N3C(=O)OCC3(C)C)cn2)CC1.